The van der Waals surface area contributed by atoms with Gasteiger partial charge < -0.3 is 24.7 Å². The second kappa shape index (κ2) is 11.5. The summed E-state index contributed by atoms with van der Waals surface area (Å²) in [7, 11) is -3.86. The second-order valence-electron chi connectivity index (χ2n) is 10.0. The molecule has 39 heavy (non-hydrogen) atoms. The maximum Gasteiger partial charge on any atom is 0.318 e. The Hall–Kier alpha value is -3.77. The summed E-state index contributed by atoms with van der Waals surface area (Å²) in [4.78, 5) is 45.3. The molecule has 0 saturated carbocycles. The van der Waals surface area contributed by atoms with E-state index < -0.39 is 44.9 Å². The van der Waals surface area contributed by atoms with Crippen molar-refractivity contribution in [2.24, 2.45) is 0 Å². The first-order chi connectivity index (χ1) is 18.4. The zero-order chi connectivity index (χ0) is 28.2. The summed E-state index contributed by atoms with van der Waals surface area (Å²) in [6.07, 6.45) is 0. The van der Waals surface area contributed by atoms with Gasteiger partial charge in [0.2, 0.25) is 11.7 Å². The van der Waals surface area contributed by atoms with Crippen LogP contribution < -0.4 is 10.6 Å². The molecule has 0 unspecified atom stereocenters. The average Bonchev–Trinajstić information content (AvgIpc) is 3.33. The van der Waals surface area contributed by atoms with Gasteiger partial charge in [-0.15, -0.1) is 0 Å². The van der Waals surface area contributed by atoms with E-state index in [1.807, 2.05) is 0 Å². The number of carbonyl (C=O) groups is 3. The van der Waals surface area contributed by atoms with Gasteiger partial charge in [-0.3, -0.25) is 9.59 Å². The number of urea groups is 1. The van der Waals surface area contributed by atoms with Crippen LogP contribution in [-0.2, 0) is 25.1 Å². The first kappa shape index (κ1) is 28.2. The van der Waals surface area contributed by atoms with Crippen LogP contribution in [0, 0.1) is 6.92 Å². The van der Waals surface area contributed by atoms with Crippen LogP contribution in [0.25, 0.3) is 11.1 Å². The van der Waals surface area contributed by atoms with Crippen molar-refractivity contribution in [2.45, 2.75) is 38.1 Å². The number of amides is 3. The number of morpholine rings is 1. The molecule has 2 aromatic carbocycles. The number of ether oxygens (including phenoxy) is 1. The number of fused-ring (bicyclic) bond motifs is 1. The number of benzene rings is 2. The minimum absolute atomic E-state index is 0.192. The van der Waals surface area contributed by atoms with Gasteiger partial charge in [-0.2, -0.15) is 0 Å². The average molecular weight is 557 g/mol. The number of nitrogens with zero attached hydrogens (tertiary/aromatic N) is 2. The number of aryl methyl sites for hydroxylation is 1. The van der Waals surface area contributed by atoms with E-state index in [4.69, 9.17) is 9.15 Å². The van der Waals surface area contributed by atoms with Gasteiger partial charge in [-0.25, -0.2) is 18.2 Å². The Morgan fingerprint density at radius 1 is 1.05 bits per heavy atom. The third-order valence-corrected chi connectivity index (χ3v) is 8.05. The highest BCUT2D eigenvalue weighted by molar-refractivity contribution is 7.90. The van der Waals surface area contributed by atoms with Crippen molar-refractivity contribution >= 4 is 38.7 Å². The predicted octanol–water partition coefficient (Wildman–Crippen LogP) is 2.24. The van der Waals surface area contributed by atoms with Crippen molar-refractivity contribution in [1.29, 1.82) is 0 Å². The number of carbonyl (C=O) groups excluding carboxylic acids is 3. The number of aromatic nitrogens is 1. The molecular weight excluding hydrogens is 524 g/mol. The quantitative estimate of drug-likeness (QED) is 0.381. The highest BCUT2D eigenvalue weighted by Crippen LogP contribution is 2.20. The molecule has 1 aliphatic rings. The van der Waals surface area contributed by atoms with E-state index in [1.54, 1.807) is 55.5 Å². The van der Waals surface area contributed by atoms with Gasteiger partial charge in [0, 0.05) is 13.1 Å². The van der Waals surface area contributed by atoms with Gasteiger partial charge in [0.25, 0.3) is 5.89 Å². The van der Waals surface area contributed by atoms with Crippen LogP contribution in [-0.4, -0.2) is 79.7 Å². The smallest absolute Gasteiger partial charge is 0.318 e. The second-order valence-corrected chi connectivity index (χ2v) is 12.1. The first-order valence-corrected chi connectivity index (χ1v) is 14.4. The van der Waals surface area contributed by atoms with E-state index >= 15 is 0 Å². The van der Waals surface area contributed by atoms with Crippen LogP contribution in [0.2, 0.25) is 0 Å². The minimum atomic E-state index is -3.86. The number of oxazole rings is 1. The van der Waals surface area contributed by atoms with E-state index in [1.165, 1.54) is 18.7 Å². The molecule has 208 valence electrons. The fraction of sp³-hybridized carbons (Fsp3) is 0.407. The van der Waals surface area contributed by atoms with Crippen molar-refractivity contribution < 1.29 is 32.0 Å². The molecule has 0 spiro atoms. The van der Waals surface area contributed by atoms with Crippen LogP contribution in [0.5, 0.6) is 0 Å². The van der Waals surface area contributed by atoms with Crippen molar-refractivity contribution in [3.8, 4) is 0 Å². The lowest BCUT2D eigenvalue weighted by Gasteiger charge is -2.30. The zero-order valence-corrected chi connectivity index (χ0v) is 22.9. The van der Waals surface area contributed by atoms with E-state index in [0.29, 0.717) is 43.0 Å². The molecule has 0 bridgehead atoms. The standard InChI is InChI=1S/C27H32N4O7S/c1-18-8-4-5-9-19(18)16-39(35,36)17-21(29-26(34)31-12-14-37-15-13-31)24(33)30-27(2,3)23(32)25-28-20-10-6-7-11-22(20)38-25/h4-11,21H,12-17H2,1-3H3,(H,29,34)(H,30,33)/t21-/m0/s1. The molecular formula is C27H32N4O7S. The number of sulfone groups is 1. The van der Waals surface area contributed by atoms with Crippen LogP contribution in [0.4, 0.5) is 4.79 Å². The molecule has 3 aromatic rings. The van der Waals surface area contributed by atoms with Crippen molar-refractivity contribution in [3.63, 3.8) is 0 Å². The van der Waals surface area contributed by atoms with Gasteiger partial charge in [0.15, 0.2) is 15.4 Å². The van der Waals surface area contributed by atoms with Crippen molar-refractivity contribution in [2.75, 3.05) is 32.1 Å². The monoisotopic (exact) mass is 556 g/mol. The lowest BCUT2D eigenvalue weighted by atomic mass is 9.98. The van der Waals surface area contributed by atoms with E-state index in [9.17, 15) is 22.8 Å². The first-order valence-electron chi connectivity index (χ1n) is 12.6. The molecule has 0 radical (unpaired) electrons. The fourth-order valence-corrected chi connectivity index (χ4v) is 5.86. The number of para-hydroxylation sites is 2. The Bertz CT molecular complexity index is 1440. The van der Waals surface area contributed by atoms with Crippen LogP contribution in [0.15, 0.2) is 52.9 Å². The topological polar surface area (TPSA) is 148 Å². The lowest BCUT2D eigenvalue weighted by Crippen LogP contribution is -2.60. The van der Waals surface area contributed by atoms with Gasteiger partial charge >= 0.3 is 6.03 Å². The summed E-state index contributed by atoms with van der Waals surface area (Å²) in [6.45, 7) is 6.00. The Kier molecular flexibility index (Phi) is 8.36. The molecule has 11 nitrogen and oxygen atoms in total. The molecule has 4 rings (SSSR count). The Labute approximate surface area is 226 Å². The molecule has 0 aliphatic carbocycles. The normalized spacial score (nSPS) is 15.1. The Morgan fingerprint density at radius 3 is 2.41 bits per heavy atom. The van der Waals surface area contributed by atoms with Crippen LogP contribution in [0.1, 0.15) is 35.7 Å². The maximum atomic E-state index is 13.4. The van der Waals surface area contributed by atoms with Crippen molar-refractivity contribution in [3.05, 3.63) is 65.5 Å². The molecule has 3 amide bonds. The fourth-order valence-electron chi connectivity index (χ4n) is 4.20. The van der Waals surface area contributed by atoms with Crippen LogP contribution in [0.3, 0.4) is 0 Å². The lowest BCUT2D eigenvalue weighted by molar-refractivity contribution is -0.123. The summed E-state index contributed by atoms with van der Waals surface area (Å²) in [5.41, 5.74) is 0.786. The van der Waals surface area contributed by atoms with E-state index in [2.05, 4.69) is 15.6 Å². The molecule has 2 N–H and O–H groups in total. The highest BCUT2D eigenvalue weighted by atomic mass is 32.2. The molecule has 12 heteroatoms. The Morgan fingerprint density at radius 2 is 1.72 bits per heavy atom. The molecule has 2 heterocycles. The summed E-state index contributed by atoms with van der Waals surface area (Å²) in [5.74, 6) is -2.58. The number of ketones is 1. The third kappa shape index (κ3) is 7.01. The minimum Gasteiger partial charge on any atom is -0.434 e. The number of nitrogens with one attached hydrogen (secondary N) is 2. The van der Waals surface area contributed by atoms with Gasteiger partial charge in [0.1, 0.15) is 17.1 Å². The Balaban J connectivity index is 1.54. The number of hydrogen-bond acceptors (Lipinski definition) is 8. The summed E-state index contributed by atoms with van der Waals surface area (Å²) < 4.78 is 37.2. The SMILES string of the molecule is Cc1ccccc1CS(=O)(=O)C[C@H](NC(=O)N1CCOCC1)C(=O)NC(C)(C)C(=O)c1nc2ccccc2o1. The van der Waals surface area contributed by atoms with Gasteiger partial charge in [0.05, 0.1) is 24.7 Å². The van der Waals surface area contributed by atoms with Crippen LogP contribution >= 0.6 is 0 Å². The molecule has 1 saturated heterocycles. The summed E-state index contributed by atoms with van der Waals surface area (Å²) in [6, 6.07) is 11.9. The predicted molar refractivity (Wildman–Crippen MR) is 144 cm³/mol. The molecule has 1 fully saturated rings. The van der Waals surface area contributed by atoms with E-state index in [-0.39, 0.29) is 11.6 Å². The number of rotatable bonds is 9. The molecule has 1 aliphatic heterocycles. The highest BCUT2D eigenvalue weighted by Gasteiger charge is 2.38. The molecule has 1 atom stereocenters. The summed E-state index contributed by atoms with van der Waals surface area (Å²) >= 11 is 0. The van der Waals surface area contributed by atoms with E-state index in [0.717, 1.165) is 5.56 Å². The van der Waals surface area contributed by atoms with Gasteiger partial charge in [-0.05, 0) is 44.0 Å². The van der Waals surface area contributed by atoms with Crippen molar-refractivity contribution in [1.82, 2.24) is 20.5 Å². The number of hydrogen-bond donors (Lipinski definition) is 2. The third-order valence-electron chi connectivity index (χ3n) is 6.46. The maximum absolute atomic E-state index is 13.4. The summed E-state index contributed by atoms with van der Waals surface area (Å²) in [5, 5.41) is 5.15. The largest absolute Gasteiger partial charge is 0.434 e. The number of Topliss-reactive ketones (excluding diaryl/α,β-unsaturated/α-hetero) is 1. The molecule has 1 aromatic heterocycles. The van der Waals surface area contributed by atoms with Gasteiger partial charge in [-0.1, -0.05) is 36.4 Å². The zero-order valence-electron chi connectivity index (χ0n) is 22.1.